The van der Waals surface area contributed by atoms with Gasteiger partial charge in [0.2, 0.25) is 5.91 Å². The van der Waals surface area contributed by atoms with Gasteiger partial charge in [0, 0.05) is 13.1 Å². The van der Waals surface area contributed by atoms with Crippen LogP contribution in [0.5, 0.6) is 0 Å². The van der Waals surface area contributed by atoms with E-state index in [1.165, 1.54) is 0 Å². The Morgan fingerprint density at radius 1 is 1.47 bits per heavy atom. The van der Waals surface area contributed by atoms with E-state index in [9.17, 15) is 4.79 Å². The molecule has 5 heteroatoms. The Morgan fingerprint density at radius 2 is 2.07 bits per heavy atom. The maximum atomic E-state index is 11.9. The molecular formula is C10H20N2O2S. The summed E-state index contributed by atoms with van der Waals surface area (Å²) < 4.78 is 0. The number of carbonyl (C=O) groups excluding carboxylic acids is 1. The fourth-order valence-electron chi connectivity index (χ4n) is 1.44. The molecule has 3 N–H and O–H groups in total. The predicted molar refractivity (Wildman–Crippen MR) is 64.5 cm³/mol. The van der Waals surface area contributed by atoms with E-state index in [1.54, 1.807) is 4.90 Å². The van der Waals surface area contributed by atoms with Crippen LogP contribution < -0.4 is 5.73 Å². The third-order valence-corrected chi connectivity index (χ3v) is 2.51. The highest BCUT2D eigenvalue weighted by Crippen LogP contribution is 2.08. The molecule has 0 saturated heterocycles. The van der Waals surface area contributed by atoms with Crippen LogP contribution in [0.2, 0.25) is 0 Å². The number of hydrogen-bond acceptors (Lipinski definition) is 3. The van der Waals surface area contributed by atoms with Crippen LogP contribution in [0.15, 0.2) is 0 Å². The SMILES string of the molecule is CCCN(CCO)C(=O)C(CC)C(N)=S. The minimum atomic E-state index is -0.391. The number of aliphatic hydroxyl groups excluding tert-OH is 1. The first-order valence-corrected chi connectivity index (χ1v) is 5.68. The van der Waals surface area contributed by atoms with Crippen LogP contribution in [-0.4, -0.2) is 40.6 Å². The number of nitrogens with zero attached hydrogens (tertiary/aromatic N) is 1. The Hall–Kier alpha value is -0.680. The van der Waals surface area contributed by atoms with Crippen molar-refractivity contribution in [3.05, 3.63) is 0 Å². The number of hydrogen-bond donors (Lipinski definition) is 2. The Morgan fingerprint density at radius 3 is 2.40 bits per heavy atom. The monoisotopic (exact) mass is 232 g/mol. The summed E-state index contributed by atoms with van der Waals surface area (Å²) in [6.07, 6.45) is 1.47. The topological polar surface area (TPSA) is 66.6 Å². The van der Waals surface area contributed by atoms with Gasteiger partial charge in [-0.15, -0.1) is 0 Å². The molecule has 0 heterocycles. The molecule has 0 aromatic carbocycles. The van der Waals surface area contributed by atoms with Crippen molar-refractivity contribution >= 4 is 23.1 Å². The summed E-state index contributed by atoms with van der Waals surface area (Å²) in [5.74, 6) is -0.459. The third-order valence-electron chi connectivity index (χ3n) is 2.22. The van der Waals surface area contributed by atoms with Crippen LogP contribution in [0.1, 0.15) is 26.7 Å². The predicted octanol–water partition coefficient (Wildman–Crippen LogP) is 0.530. The first-order valence-electron chi connectivity index (χ1n) is 5.27. The summed E-state index contributed by atoms with van der Waals surface area (Å²) in [6.45, 7) is 4.83. The summed E-state index contributed by atoms with van der Waals surface area (Å²) in [6, 6.07) is 0. The van der Waals surface area contributed by atoms with E-state index in [2.05, 4.69) is 0 Å². The van der Waals surface area contributed by atoms with Crippen molar-refractivity contribution in [3.63, 3.8) is 0 Å². The number of rotatable bonds is 7. The molecule has 88 valence electrons. The molecule has 0 aliphatic carbocycles. The fraction of sp³-hybridized carbons (Fsp3) is 0.800. The third kappa shape index (κ3) is 4.57. The Balaban J connectivity index is 4.51. The molecule has 1 amide bonds. The molecule has 0 rings (SSSR count). The maximum Gasteiger partial charge on any atom is 0.232 e. The van der Waals surface area contributed by atoms with Crippen molar-refractivity contribution in [2.45, 2.75) is 26.7 Å². The van der Waals surface area contributed by atoms with Gasteiger partial charge in [0.05, 0.1) is 17.5 Å². The van der Waals surface area contributed by atoms with Gasteiger partial charge in [-0.1, -0.05) is 26.1 Å². The molecule has 0 spiro atoms. The van der Waals surface area contributed by atoms with Gasteiger partial charge < -0.3 is 15.7 Å². The molecule has 1 unspecified atom stereocenters. The molecule has 0 aromatic heterocycles. The highest BCUT2D eigenvalue weighted by atomic mass is 32.1. The Kier molecular flexibility index (Phi) is 7.25. The molecule has 15 heavy (non-hydrogen) atoms. The first kappa shape index (κ1) is 14.3. The minimum absolute atomic E-state index is 0.0283. The standard InChI is InChI=1S/C10H20N2O2S/c1-3-5-12(6-7-13)10(14)8(4-2)9(11)15/h8,13H,3-7H2,1-2H3,(H2,11,15). The van der Waals surface area contributed by atoms with E-state index in [-0.39, 0.29) is 17.5 Å². The van der Waals surface area contributed by atoms with Crippen LogP contribution in [0.25, 0.3) is 0 Å². The van der Waals surface area contributed by atoms with E-state index < -0.39 is 5.92 Å². The normalized spacial score (nSPS) is 12.2. The van der Waals surface area contributed by atoms with Crippen LogP contribution >= 0.6 is 12.2 Å². The molecule has 0 aliphatic heterocycles. The number of aliphatic hydroxyl groups is 1. The minimum Gasteiger partial charge on any atom is -0.395 e. The van der Waals surface area contributed by atoms with Crippen LogP contribution in [0.3, 0.4) is 0 Å². The largest absolute Gasteiger partial charge is 0.395 e. The highest BCUT2D eigenvalue weighted by Gasteiger charge is 2.24. The molecule has 0 aromatic rings. The van der Waals surface area contributed by atoms with Gasteiger partial charge in [-0.2, -0.15) is 0 Å². The van der Waals surface area contributed by atoms with Gasteiger partial charge in [0.15, 0.2) is 0 Å². The zero-order valence-electron chi connectivity index (χ0n) is 9.40. The first-order chi connectivity index (χ1) is 7.08. The summed E-state index contributed by atoms with van der Waals surface area (Å²) >= 11 is 4.85. The van der Waals surface area contributed by atoms with Crippen LogP contribution in [0, 0.1) is 5.92 Å². The van der Waals surface area contributed by atoms with Crippen molar-refractivity contribution < 1.29 is 9.90 Å². The number of thiocarbonyl (C=S) groups is 1. The molecule has 0 radical (unpaired) electrons. The van der Waals surface area contributed by atoms with E-state index in [0.29, 0.717) is 19.5 Å². The molecule has 0 aliphatic rings. The molecule has 0 bridgehead atoms. The van der Waals surface area contributed by atoms with Crippen LogP contribution in [0.4, 0.5) is 0 Å². The lowest BCUT2D eigenvalue weighted by molar-refractivity contribution is -0.134. The van der Waals surface area contributed by atoms with Crippen LogP contribution in [-0.2, 0) is 4.79 Å². The Labute approximate surface area is 96.4 Å². The lowest BCUT2D eigenvalue weighted by Crippen LogP contribution is -2.42. The fourth-order valence-corrected chi connectivity index (χ4v) is 1.71. The summed E-state index contributed by atoms with van der Waals surface area (Å²) in [4.78, 5) is 13.8. The molecular weight excluding hydrogens is 212 g/mol. The van der Waals surface area contributed by atoms with E-state index >= 15 is 0 Å². The van der Waals surface area contributed by atoms with Gasteiger partial charge in [0.1, 0.15) is 0 Å². The maximum absolute atomic E-state index is 11.9. The van der Waals surface area contributed by atoms with Crippen molar-refractivity contribution in [1.82, 2.24) is 4.90 Å². The second-order valence-corrected chi connectivity index (χ2v) is 3.88. The van der Waals surface area contributed by atoms with Gasteiger partial charge in [0.25, 0.3) is 0 Å². The molecule has 1 atom stereocenters. The number of amides is 1. The van der Waals surface area contributed by atoms with Gasteiger partial charge in [-0.05, 0) is 12.8 Å². The molecule has 0 saturated carbocycles. The van der Waals surface area contributed by atoms with Gasteiger partial charge >= 0.3 is 0 Å². The van der Waals surface area contributed by atoms with E-state index in [0.717, 1.165) is 6.42 Å². The zero-order chi connectivity index (χ0) is 11.8. The summed E-state index contributed by atoms with van der Waals surface area (Å²) in [5.41, 5.74) is 5.50. The van der Waals surface area contributed by atoms with Gasteiger partial charge in [-0.25, -0.2) is 0 Å². The van der Waals surface area contributed by atoms with E-state index in [1.807, 2.05) is 13.8 Å². The molecule has 0 fully saturated rings. The zero-order valence-corrected chi connectivity index (χ0v) is 10.2. The quantitative estimate of drug-likeness (QED) is 0.628. The summed E-state index contributed by atoms with van der Waals surface area (Å²) in [7, 11) is 0. The average Bonchev–Trinajstić information content (AvgIpc) is 2.17. The summed E-state index contributed by atoms with van der Waals surface area (Å²) in [5, 5.41) is 8.85. The lowest BCUT2D eigenvalue weighted by Gasteiger charge is -2.25. The van der Waals surface area contributed by atoms with Crippen molar-refractivity contribution in [3.8, 4) is 0 Å². The van der Waals surface area contributed by atoms with Crippen molar-refractivity contribution in [2.24, 2.45) is 11.7 Å². The number of carbonyl (C=O) groups is 1. The van der Waals surface area contributed by atoms with Gasteiger partial charge in [-0.3, -0.25) is 4.79 Å². The number of nitrogens with two attached hydrogens (primary N) is 1. The van der Waals surface area contributed by atoms with Crippen molar-refractivity contribution in [1.29, 1.82) is 0 Å². The smallest absolute Gasteiger partial charge is 0.232 e. The average molecular weight is 232 g/mol. The second kappa shape index (κ2) is 7.59. The molecule has 4 nitrogen and oxygen atoms in total. The van der Waals surface area contributed by atoms with E-state index in [4.69, 9.17) is 23.1 Å². The van der Waals surface area contributed by atoms with Crippen molar-refractivity contribution in [2.75, 3.05) is 19.7 Å². The lowest BCUT2D eigenvalue weighted by atomic mass is 10.1. The second-order valence-electron chi connectivity index (χ2n) is 3.41. The Bertz CT molecular complexity index is 215. The highest BCUT2D eigenvalue weighted by molar-refractivity contribution is 7.80.